The van der Waals surface area contributed by atoms with Gasteiger partial charge in [0.1, 0.15) is 5.82 Å². The number of thioether (sulfide) groups is 1. The van der Waals surface area contributed by atoms with Crippen molar-refractivity contribution in [3.8, 4) is 0 Å². The van der Waals surface area contributed by atoms with Crippen molar-refractivity contribution in [2.75, 3.05) is 18.8 Å². The molecule has 1 saturated heterocycles. The van der Waals surface area contributed by atoms with Crippen molar-refractivity contribution >= 4 is 17.7 Å². The van der Waals surface area contributed by atoms with Gasteiger partial charge in [-0.1, -0.05) is 24.6 Å². The molecule has 1 aliphatic carbocycles. The monoisotopic (exact) mass is 293 g/mol. The molecule has 20 heavy (non-hydrogen) atoms. The third kappa shape index (κ3) is 2.85. The first-order valence-corrected chi connectivity index (χ1v) is 8.45. The van der Waals surface area contributed by atoms with E-state index in [0.717, 1.165) is 43.7 Å². The average Bonchev–Trinajstić information content (AvgIpc) is 2.63. The van der Waals surface area contributed by atoms with Gasteiger partial charge in [0, 0.05) is 35.6 Å². The Balaban J connectivity index is 1.64. The van der Waals surface area contributed by atoms with Gasteiger partial charge in [-0.05, 0) is 25.3 Å². The summed E-state index contributed by atoms with van der Waals surface area (Å²) in [5, 5.41) is 0.176. The molecular weight excluding hydrogens is 273 g/mol. The number of benzene rings is 1. The minimum absolute atomic E-state index is 0.122. The van der Waals surface area contributed by atoms with E-state index in [0.29, 0.717) is 5.91 Å². The minimum atomic E-state index is -0.122. The highest BCUT2D eigenvalue weighted by molar-refractivity contribution is 7.99. The van der Waals surface area contributed by atoms with E-state index in [9.17, 15) is 9.18 Å². The number of rotatable bonds is 2. The zero-order chi connectivity index (χ0) is 13.9. The molecule has 2 fully saturated rings. The van der Waals surface area contributed by atoms with Crippen LogP contribution in [0.2, 0.25) is 0 Å². The number of amides is 1. The standard InChI is InChI=1S/C16H20FNOS/c17-14-7-2-1-6-13(14)15-8-9-18(10-11-20-15)16(19)12-4-3-5-12/h1-2,6-7,12,15H,3-5,8-11H2/t15-/m0/s1. The molecule has 2 aliphatic rings. The maximum atomic E-state index is 13.9. The lowest BCUT2D eigenvalue weighted by molar-refractivity contribution is -0.137. The van der Waals surface area contributed by atoms with Gasteiger partial charge in [-0.25, -0.2) is 4.39 Å². The number of halogens is 1. The van der Waals surface area contributed by atoms with Crippen LogP contribution < -0.4 is 0 Å². The Morgan fingerprint density at radius 3 is 2.70 bits per heavy atom. The van der Waals surface area contributed by atoms with Crippen LogP contribution in [0.4, 0.5) is 4.39 Å². The maximum absolute atomic E-state index is 13.9. The summed E-state index contributed by atoms with van der Waals surface area (Å²) < 4.78 is 13.9. The van der Waals surface area contributed by atoms with Crippen LogP contribution in [-0.2, 0) is 4.79 Å². The van der Waals surface area contributed by atoms with E-state index in [1.54, 1.807) is 17.8 Å². The van der Waals surface area contributed by atoms with Gasteiger partial charge >= 0.3 is 0 Å². The Hall–Kier alpha value is -1.03. The van der Waals surface area contributed by atoms with Crippen LogP contribution in [-0.4, -0.2) is 29.6 Å². The molecule has 0 aromatic heterocycles. The minimum Gasteiger partial charge on any atom is -0.342 e. The first-order valence-electron chi connectivity index (χ1n) is 7.40. The van der Waals surface area contributed by atoms with Gasteiger partial charge in [0.25, 0.3) is 0 Å². The summed E-state index contributed by atoms with van der Waals surface area (Å²) in [6, 6.07) is 7.02. The zero-order valence-corrected chi connectivity index (χ0v) is 12.4. The lowest BCUT2D eigenvalue weighted by Gasteiger charge is -2.30. The summed E-state index contributed by atoms with van der Waals surface area (Å²) in [5.74, 6) is 1.37. The Bertz CT molecular complexity index is 489. The molecular formula is C16H20FNOS. The van der Waals surface area contributed by atoms with Gasteiger partial charge in [0.15, 0.2) is 0 Å². The average molecular weight is 293 g/mol. The number of carbonyl (C=O) groups is 1. The van der Waals surface area contributed by atoms with Crippen molar-refractivity contribution < 1.29 is 9.18 Å². The third-order valence-corrected chi connectivity index (χ3v) is 5.67. The molecule has 1 aromatic carbocycles. The van der Waals surface area contributed by atoms with Gasteiger partial charge in [-0.3, -0.25) is 4.79 Å². The van der Waals surface area contributed by atoms with Crippen LogP contribution >= 0.6 is 11.8 Å². The van der Waals surface area contributed by atoms with E-state index in [1.807, 2.05) is 17.0 Å². The van der Waals surface area contributed by atoms with E-state index in [1.165, 1.54) is 12.5 Å². The molecule has 1 aromatic rings. The molecule has 1 amide bonds. The largest absolute Gasteiger partial charge is 0.342 e. The van der Waals surface area contributed by atoms with Crippen LogP contribution in [0.25, 0.3) is 0 Å². The summed E-state index contributed by atoms with van der Waals surface area (Å²) in [5.41, 5.74) is 0.787. The Morgan fingerprint density at radius 2 is 2.00 bits per heavy atom. The second kappa shape index (κ2) is 6.17. The summed E-state index contributed by atoms with van der Waals surface area (Å²) in [6.07, 6.45) is 4.15. The molecule has 0 bridgehead atoms. The summed E-state index contributed by atoms with van der Waals surface area (Å²) in [4.78, 5) is 14.3. The highest BCUT2D eigenvalue weighted by Gasteiger charge is 2.31. The van der Waals surface area contributed by atoms with E-state index in [4.69, 9.17) is 0 Å². The Morgan fingerprint density at radius 1 is 1.20 bits per heavy atom. The highest BCUT2D eigenvalue weighted by atomic mass is 32.2. The smallest absolute Gasteiger partial charge is 0.225 e. The quantitative estimate of drug-likeness (QED) is 0.830. The molecule has 2 nitrogen and oxygen atoms in total. The molecule has 0 unspecified atom stereocenters. The van der Waals surface area contributed by atoms with Crippen molar-refractivity contribution in [2.24, 2.45) is 5.92 Å². The van der Waals surface area contributed by atoms with Crippen molar-refractivity contribution in [3.05, 3.63) is 35.6 Å². The maximum Gasteiger partial charge on any atom is 0.225 e. The summed E-state index contributed by atoms with van der Waals surface area (Å²) in [7, 11) is 0. The molecule has 108 valence electrons. The van der Waals surface area contributed by atoms with Crippen LogP contribution in [0.15, 0.2) is 24.3 Å². The van der Waals surface area contributed by atoms with Crippen molar-refractivity contribution in [1.29, 1.82) is 0 Å². The number of carbonyl (C=O) groups excluding carboxylic acids is 1. The fourth-order valence-corrected chi connectivity index (χ4v) is 4.14. The number of hydrogen-bond donors (Lipinski definition) is 0. The number of hydrogen-bond acceptors (Lipinski definition) is 2. The molecule has 4 heteroatoms. The van der Waals surface area contributed by atoms with E-state index >= 15 is 0 Å². The zero-order valence-electron chi connectivity index (χ0n) is 11.6. The lowest BCUT2D eigenvalue weighted by Crippen LogP contribution is -2.40. The molecule has 0 spiro atoms. The summed E-state index contributed by atoms with van der Waals surface area (Å²) in [6.45, 7) is 1.58. The van der Waals surface area contributed by atoms with Gasteiger partial charge in [0.2, 0.25) is 5.91 Å². The fourth-order valence-electron chi connectivity index (χ4n) is 2.89. The SMILES string of the molecule is O=C(C1CCC1)N1CCS[C@H](c2ccccc2F)CC1. The Kier molecular flexibility index (Phi) is 4.29. The Labute approximate surface area is 123 Å². The van der Waals surface area contributed by atoms with Crippen LogP contribution in [0.1, 0.15) is 36.5 Å². The van der Waals surface area contributed by atoms with Crippen LogP contribution in [0, 0.1) is 11.7 Å². The van der Waals surface area contributed by atoms with Gasteiger partial charge in [-0.15, -0.1) is 0 Å². The molecule has 1 saturated carbocycles. The van der Waals surface area contributed by atoms with Crippen LogP contribution in [0.3, 0.4) is 0 Å². The predicted molar refractivity (Wildman–Crippen MR) is 80.1 cm³/mol. The predicted octanol–water partition coefficient (Wildman–Crippen LogP) is 3.63. The molecule has 3 rings (SSSR count). The van der Waals surface area contributed by atoms with Crippen LogP contribution in [0.5, 0.6) is 0 Å². The van der Waals surface area contributed by atoms with Gasteiger partial charge in [0.05, 0.1) is 0 Å². The number of nitrogens with zero attached hydrogens (tertiary/aromatic N) is 1. The molecule has 1 atom stereocenters. The molecule has 1 aliphatic heterocycles. The fraction of sp³-hybridized carbons (Fsp3) is 0.562. The van der Waals surface area contributed by atoms with E-state index < -0.39 is 0 Å². The van der Waals surface area contributed by atoms with Crippen molar-refractivity contribution in [2.45, 2.75) is 30.9 Å². The molecule has 0 radical (unpaired) electrons. The lowest BCUT2D eigenvalue weighted by atomic mass is 9.84. The van der Waals surface area contributed by atoms with Gasteiger partial charge in [-0.2, -0.15) is 11.8 Å². The van der Waals surface area contributed by atoms with Gasteiger partial charge < -0.3 is 4.90 Å². The van der Waals surface area contributed by atoms with E-state index in [-0.39, 0.29) is 17.0 Å². The molecule has 0 N–H and O–H groups in total. The first kappa shape index (κ1) is 13.9. The second-order valence-corrected chi connectivity index (χ2v) is 6.93. The normalized spacial score (nSPS) is 24.1. The highest BCUT2D eigenvalue weighted by Crippen LogP contribution is 2.36. The topological polar surface area (TPSA) is 20.3 Å². The first-order chi connectivity index (χ1) is 9.75. The third-order valence-electron chi connectivity index (χ3n) is 4.36. The second-order valence-electron chi connectivity index (χ2n) is 5.62. The van der Waals surface area contributed by atoms with Crippen molar-refractivity contribution in [1.82, 2.24) is 4.90 Å². The van der Waals surface area contributed by atoms with E-state index in [2.05, 4.69) is 0 Å². The molecule has 1 heterocycles. The summed E-state index contributed by atoms with van der Waals surface area (Å²) >= 11 is 1.78. The van der Waals surface area contributed by atoms with Crippen molar-refractivity contribution in [3.63, 3.8) is 0 Å².